The zero-order chi connectivity index (χ0) is 13.5. The van der Waals surface area contributed by atoms with Crippen molar-refractivity contribution in [1.82, 2.24) is 15.4 Å². The normalized spacial score (nSPS) is 10.4. The molecule has 0 bridgehead atoms. The molecule has 2 aromatic heterocycles. The standard InChI is InChI=1S/C13H13N5O/c1-14-12-11(5-3-7-16-12)13(19)18-17-9-10-4-2-6-15-8-10/h2-9H,1H3,(H,14,16)(H,18,19)/b17-9+. The lowest BCUT2D eigenvalue weighted by Gasteiger charge is -2.05. The van der Waals surface area contributed by atoms with Gasteiger partial charge in [0.1, 0.15) is 5.82 Å². The Kier molecular flexibility index (Phi) is 4.17. The van der Waals surface area contributed by atoms with Crippen molar-refractivity contribution in [2.75, 3.05) is 12.4 Å². The summed E-state index contributed by atoms with van der Waals surface area (Å²) in [6, 6.07) is 7.00. The average molecular weight is 255 g/mol. The van der Waals surface area contributed by atoms with Crippen molar-refractivity contribution in [2.24, 2.45) is 5.10 Å². The van der Waals surface area contributed by atoms with E-state index in [-0.39, 0.29) is 5.91 Å². The van der Waals surface area contributed by atoms with Crippen molar-refractivity contribution < 1.29 is 4.79 Å². The van der Waals surface area contributed by atoms with Crippen LogP contribution < -0.4 is 10.7 Å². The van der Waals surface area contributed by atoms with Gasteiger partial charge in [0.2, 0.25) is 0 Å². The second-order valence-electron chi connectivity index (χ2n) is 3.64. The number of hydrogen-bond donors (Lipinski definition) is 2. The third kappa shape index (κ3) is 3.35. The number of amides is 1. The van der Waals surface area contributed by atoms with Crippen LogP contribution in [0.25, 0.3) is 0 Å². The maximum atomic E-state index is 11.9. The quantitative estimate of drug-likeness (QED) is 0.637. The Morgan fingerprint density at radius 1 is 1.32 bits per heavy atom. The van der Waals surface area contributed by atoms with Crippen LogP contribution in [0.5, 0.6) is 0 Å². The van der Waals surface area contributed by atoms with Gasteiger partial charge < -0.3 is 5.32 Å². The fourth-order valence-corrected chi connectivity index (χ4v) is 1.47. The molecule has 0 aliphatic carbocycles. The van der Waals surface area contributed by atoms with Gasteiger partial charge in [0.05, 0.1) is 11.8 Å². The SMILES string of the molecule is CNc1ncccc1C(=O)N/N=C/c1cccnc1. The number of carbonyl (C=O) groups excluding carboxylic acids is 1. The molecule has 2 N–H and O–H groups in total. The summed E-state index contributed by atoms with van der Waals surface area (Å²) >= 11 is 0. The van der Waals surface area contributed by atoms with Gasteiger partial charge in [-0.15, -0.1) is 0 Å². The van der Waals surface area contributed by atoms with Crippen LogP contribution in [-0.2, 0) is 0 Å². The van der Waals surface area contributed by atoms with Crippen LogP contribution in [0.15, 0.2) is 48.0 Å². The Hall–Kier alpha value is -2.76. The third-order valence-corrected chi connectivity index (χ3v) is 2.35. The summed E-state index contributed by atoms with van der Waals surface area (Å²) in [6.45, 7) is 0. The number of nitrogens with zero attached hydrogens (tertiary/aromatic N) is 3. The van der Waals surface area contributed by atoms with Crippen LogP contribution in [0, 0.1) is 0 Å². The van der Waals surface area contributed by atoms with Gasteiger partial charge in [0.25, 0.3) is 5.91 Å². The minimum atomic E-state index is -0.322. The van der Waals surface area contributed by atoms with Gasteiger partial charge in [-0.2, -0.15) is 5.10 Å². The molecule has 96 valence electrons. The van der Waals surface area contributed by atoms with E-state index in [0.717, 1.165) is 5.56 Å². The van der Waals surface area contributed by atoms with Gasteiger partial charge in [0.15, 0.2) is 0 Å². The molecule has 1 amide bonds. The van der Waals surface area contributed by atoms with Crippen molar-refractivity contribution in [3.8, 4) is 0 Å². The van der Waals surface area contributed by atoms with Gasteiger partial charge in [-0.25, -0.2) is 10.4 Å². The zero-order valence-electron chi connectivity index (χ0n) is 10.4. The van der Waals surface area contributed by atoms with E-state index in [1.807, 2.05) is 6.07 Å². The number of pyridine rings is 2. The Labute approximate surface area is 110 Å². The Balaban J connectivity index is 2.04. The summed E-state index contributed by atoms with van der Waals surface area (Å²) in [7, 11) is 1.71. The lowest BCUT2D eigenvalue weighted by atomic mass is 10.2. The van der Waals surface area contributed by atoms with Gasteiger partial charge in [-0.05, 0) is 18.2 Å². The first-order valence-corrected chi connectivity index (χ1v) is 5.67. The molecule has 2 rings (SSSR count). The summed E-state index contributed by atoms with van der Waals surface area (Å²) < 4.78 is 0. The summed E-state index contributed by atoms with van der Waals surface area (Å²) in [5.74, 6) is 0.189. The molecule has 2 heterocycles. The fourth-order valence-electron chi connectivity index (χ4n) is 1.47. The van der Waals surface area contributed by atoms with Crippen molar-refractivity contribution >= 4 is 17.9 Å². The number of hydrogen-bond acceptors (Lipinski definition) is 5. The number of rotatable bonds is 4. The molecular weight excluding hydrogens is 242 g/mol. The van der Waals surface area contributed by atoms with Gasteiger partial charge in [-0.1, -0.05) is 6.07 Å². The first kappa shape index (κ1) is 12.7. The number of nitrogens with one attached hydrogen (secondary N) is 2. The zero-order valence-corrected chi connectivity index (χ0v) is 10.4. The van der Waals surface area contributed by atoms with Crippen molar-refractivity contribution in [3.05, 3.63) is 54.0 Å². The Morgan fingerprint density at radius 2 is 2.16 bits per heavy atom. The summed E-state index contributed by atoms with van der Waals surface area (Å²) in [5, 5.41) is 6.72. The minimum Gasteiger partial charge on any atom is -0.372 e. The minimum absolute atomic E-state index is 0.322. The predicted octanol–water partition coefficient (Wildman–Crippen LogP) is 1.28. The van der Waals surface area contributed by atoms with Crippen molar-refractivity contribution in [2.45, 2.75) is 0 Å². The van der Waals surface area contributed by atoms with Crippen LogP contribution in [0.3, 0.4) is 0 Å². The highest BCUT2D eigenvalue weighted by molar-refractivity contribution is 5.99. The maximum Gasteiger partial charge on any atom is 0.275 e. The molecule has 19 heavy (non-hydrogen) atoms. The highest BCUT2D eigenvalue weighted by Crippen LogP contribution is 2.09. The highest BCUT2D eigenvalue weighted by Gasteiger charge is 2.09. The number of anilines is 1. The average Bonchev–Trinajstić information content (AvgIpc) is 2.48. The van der Waals surface area contributed by atoms with Crippen LogP contribution in [0.2, 0.25) is 0 Å². The molecule has 2 aromatic rings. The lowest BCUT2D eigenvalue weighted by molar-refractivity contribution is 0.0955. The smallest absolute Gasteiger partial charge is 0.275 e. The van der Waals surface area contributed by atoms with Crippen LogP contribution in [-0.4, -0.2) is 29.1 Å². The first-order valence-electron chi connectivity index (χ1n) is 5.67. The van der Waals surface area contributed by atoms with E-state index in [1.54, 1.807) is 43.8 Å². The number of carbonyl (C=O) groups is 1. The molecule has 0 aromatic carbocycles. The summed E-state index contributed by atoms with van der Waals surface area (Å²) in [4.78, 5) is 19.9. The number of aromatic nitrogens is 2. The molecule has 6 nitrogen and oxygen atoms in total. The van der Waals surface area contributed by atoms with Crippen molar-refractivity contribution in [3.63, 3.8) is 0 Å². The molecule has 0 aliphatic rings. The van der Waals surface area contributed by atoms with E-state index in [1.165, 1.54) is 6.21 Å². The fraction of sp³-hybridized carbons (Fsp3) is 0.0769. The van der Waals surface area contributed by atoms with Gasteiger partial charge in [0, 0.05) is 31.2 Å². The van der Waals surface area contributed by atoms with Gasteiger partial charge in [-0.3, -0.25) is 9.78 Å². The van der Waals surface area contributed by atoms with Crippen molar-refractivity contribution in [1.29, 1.82) is 0 Å². The van der Waals surface area contributed by atoms with Crippen LogP contribution in [0.1, 0.15) is 15.9 Å². The Morgan fingerprint density at radius 3 is 2.89 bits per heavy atom. The molecule has 0 unspecified atom stereocenters. The maximum absolute atomic E-state index is 11.9. The van der Waals surface area contributed by atoms with E-state index in [2.05, 4.69) is 25.8 Å². The van der Waals surface area contributed by atoms with Crippen LogP contribution in [0.4, 0.5) is 5.82 Å². The topological polar surface area (TPSA) is 79.3 Å². The van der Waals surface area contributed by atoms with E-state index in [4.69, 9.17) is 0 Å². The largest absolute Gasteiger partial charge is 0.372 e. The molecule has 6 heteroatoms. The first-order chi connectivity index (χ1) is 9.31. The molecule has 0 fully saturated rings. The number of hydrazone groups is 1. The van der Waals surface area contributed by atoms with E-state index in [0.29, 0.717) is 11.4 Å². The van der Waals surface area contributed by atoms with E-state index >= 15 is 0 Å². The van der Waals surface area contributed by atoms with E-state index in [9.17, 15) is 4.79 Å². The van der Waals surface area contributed by atoms with Gasteiger partial charge >= 0.3 is 0 Å². The molecule has 0 atom stereocenters. The van der Waals surface area contributed by atoms with E-state index < -0.39 is 0 Å². The third-order valence-electron chi connectivity index (χ3n) is 2.35. The summed E-state index contributed by atoms with van der Waals surface area (Å²) in [6.07, 6.45) is 6.46. The van der Waals surface area contributed by atoms with Crippen LogP contribution >= 0.6 is 0 Å². The molecule has 0 spiro atoms. The molecular formula is C13H13N5O. The second-order valence-corrected chi connectivity index (χ2v) is 3.64. The molecule has 0 aliphatic heterocycles. The molecule has 0 radical (unpaired) electrons. The monoisotopic (exact) mass is 255 g/mol. The lowest BCUT2D eigenvalue weighted by Crippen LogP contribution is -2.19. The molecule has 0 saturated heterocycles. The Bertz CT molecular complexity index is 583. The predicted molar refractivity (Wildman–Crippen MR) is 73.1 cm³/mol. The highest BCUT2D eigenvalue weighted by atomic mass is 16.2. The summed E-state index contributed by atoms with van der Waals surface area (Å²) in [5.41, 5.74) is 3.69. The molecule has 0 saturated carbocycles. The second kappa shape index (κ2) is 6.25.